The van der Waals surface area contributed by atoms with Gasteiger partial charge in [0.15, 0.2) is 0 Å². The van der Waals surface area contributed by atoms with Gasteiger partial charge in [-0.05, 0) is 79.6 Å². The molecule has 4 aromatic carbocycles. The fraction of sp³-hybridized carbons (Fsp3) is 0.0645. The minimum absolute atomic E-state index is 0.406. The van der Waals surface area contributed by atoms with Crippen molar-refractivity contribution in [2.75, 3.05) is 4.90 Å². The van der Waals surface area contributed by atoms with Gasteiger partial charge in [-0.15, -0.1) is 0 Å². The van der Waals surface area contributed by atoms with E-state index in [0.717, 1.165) is 26.7 Å². The van der Waals surface area contributed by atoms with Crippen LogP contribution in [0.1, 0.15) is 43.0 Å². The fourth-order valence-electron chi connectivity index (χ4n) is 3.67. The van der Waals surface area contributed by atoms with Crippen LogP contribution in [0.4, 0.5) is 5.69 Å². The van der Waals surface area contributed by atoms with Crippen LogP contribution in [-0.2, 0) is 0 Å². The Morgan fingerprint density at radius 1 is 0.694 bits per heavy atom. The largest absolute Gasteiger partial charge is 0.268 e. The maximum atomic E-state index is 13.5. The van der Waals surface area contributed by atoms with Gasteiger partial charge in [0.1, 0.15) is 0 Å². The van der Waals surface area contributed by atoms with E-state index in [-0.39, 0.29) is 0 Å². The topological polar surface area (TPSA) is 61.2 Å². The molecular weight excluding hydrogens is 512 g/mol. The first-order chi connectivity index (χ1) is 17.4. The average Bonchev–Trinajstić information content (AvgIpc) is 2.89. The summed E-state index contributed by atoms with van der Waals surface area (Å²) < 4.78 is 0.935. The second-order valence-corrected chi connectivity index (χ2v) is 9.36. The summed E-state index contributed by atoms with van der Waals surface area (Å²) in [5.74, 6) is -0.812. The van der Waals surface area contributed by atoms with E-state index in [1.807, 2.05) is 62.4 Å². The highest BCUT2D eigenvalue weighted by Crippen LogP contribution is 2.25. The number of allylic oxidation sites excluding steroid dienone is 1. The van der Waals surface area contributed by atoms with Crippen LogP contribution in [0.3, 0.4) is 0 Å². The molecule has 5 heteroatoms. The molecular formula is C31H23BrN2O2. The zero-order chi connectivity index (χ0) is 25.7. The average molecular weight is 535 g/mol. The molecule has 176 valence electrons. The maximum absolute atomic E-state index is 13.5. The molecule has 0 fully saturated rings. The smallest absolute Gasteiger partial charge is 0.265 e. The van der Waals surface area contributed by atoms with Crippen molar-refractivity contribution in [3.8, 4) is 6.07 Å². The molecule has 0 aliphatic carbocycles. The zero-order valence-electron chi connectivity index (χ0n) is 19.9. The third kappa shape index (κ3) is 5.68. The van der Waals surface area contributed by atoms with E-state index in [1.165, 1.54) is 4.90 Å². The number of nitriles is 1. The highest BCUT2D eigenvalue weighted by Gasteiger charge is 2.26. The Hall–Kier alpha value is -4.27. The molecule has 4 aromatic rings. The van der Waals surface area contributed by atoms with Gasteiger partial charge in [0.05, 0.1) is 17.3 Å². The molecule has 0 heterocycles. The molecule has 4 nitrogen and oxygen atoms in total. The number of imide groups is 1. The van der Waals surface area contributed by atoms with Crippen molar-refractivity contribution in [1.82, 2.24) is 0 Å². The van der Waals surface area contributed by atoms with Crippen LogP contribution in [0.15, 0.2) is 102 Å². The molecule has 0 aliphatic heterocycles. The second-order valence-electron chi connectivity index (χ2n) is 8.45. The monoisotopic (exact) mass is 534 g/mol. The van der Waals surface area contributed by atoms with E-state index in [9.17, 15) is 14.9 Å². The van der Waals surface area contributed by atoms with Crippen molar-refractivity contribution in [2.24, 2.45) is 0 Å². The van der Waals surface area contributed by atoms with Gasteiger partial charge < -0.3 is 0 Å². The van der Waals surface area contributed by atoms with Crippen LogP contribution in [0.5, 0.6) is 0 Å². The number of halogens is 1. The fourth-order valence-corrected chi connectivity index (χ4v) is 3.94. The van der Waals surface area contributed by atoms with Crippen molar-refractivity contribution in [2.45, 2.75) is 13.8 Å². The number of carbonyl (C=O) groups is 2. The second kappa shape index (κ2) is 11.0. The number of rotatable bonds is 5. The number of hydrogen-bond acceptors (Lipinski definition) is 3. The molecule has 4 rings (SSSR count). The highest BCUT2D eigenvalue weighted by molar-refractivity contribution is 9.10. The third-order valence-electron chi connectivity index (χ3n) is 5.74. The Morgan fingerprint density at radius 2 is 1.14 bits per heavy atom. The normalized spacial score (nSPS) is 11.0. The van der Waals surface area contributed by atoms with Crippen LogP contribution in [0.2, 0.25) is 0 Å². The summed E-state index contributed by atoms with van der Waals surface area (Å²) in [7, 11) is 0. The summed E-state index contributed by atoms with van der Waals surface area (Å²) >= 11 is 3.41. The predicted octanol–water partition coefficient (Wildman–Crippen LogP) is 7.62. The number of aryl methyl sites for hydroxylation is 2. The van der Waals surface area contributed by atoms with Gasteiger partial charge >= 0.3 is 0 Å². The van der Waals surface area contributed by atoms with E-state index in [1.54, 1.807) is 54.6 Å². The molecule has 0 spiro atoms. The lowest BCUT2D eigenvalue weighted by Gasteiger charge is -2.22. The van der Waals surface area contributed by atoms with Crippen molar-refractivity contribution < 1.29 is 9.59 Å². The molecule has 0 bridgehead atoms. The van der Waals surface area contributed by atoms with Crippen molar-refractivity contribution >= 4 is 45.1 Å². The summed E-state index contributed by atoms with van der Waals surface area (Å²) in [6.07, 6.45) is 1.78. The quantitative estimate of drug-likeness (QED) is 0.150. The lowest BCUT2D eigenvalue weighted by atomic mass is 10.0. The van der Waals surface area contributed by atoms with Crippen LogP contribution >= 0.6 is 15.9 Å². The molecule has 0 saturated carbocycles. The standard InChI is InChI=1S/C31H23BrN2O2/c1-21-3-9-25(10-4-21)30(35)34(31(36)26-11-5-22(2)6-12-26)29-17-7-23(8-18-29)19-27(20-33)24-13-15-28(32)16-14-24/h3-19H,1-2H3/b27-19+. The Bertz CT molecular complexity index is 1410. The van der Waals surface area contributed by atoms with Gasteiger partial charge in [-0.3, -0.25) is 9.59 Å². The van der Waals surface area contributed by atoms with Crippen molar-refractivity contribution in [3.63, 3.8) is 0 Å². The molecule has 0 aliphatic rings. The van der Waals surface area contributed by atoms with Crippen molar-refractivity contribution in [3.05, 3.63) is 135 Å². The van der Waals surface area contributed by atoms with E-state index < -0.39 is 11.8 Å². The molecule has 0 unspecified atom stereocenters. The molecule has 0 atom stereocenters. The Kier molecular flexibility index (Phi) is 7.58. The first-order valence-electron chi connectivity index (χ1n) is 11.4. The molecule has 36 heavy (non-hydrogen) atoms. The first kappa shape index (κ1) is 24.8. The molecule has 0 aromatic heterocycles. The van der Waals surface area contributed by atoms with Crippen LogP contribution < -0.4 is 4.90 Å². The summed E-state index contributed by atoms with van der Waals surface area (Å²) in [6, 6.07) is 31.1. The maximum Gasteiger partial charge on any atom is 0.265 e. The van der Waals surface area contributed by atoms with Crippen LogP contribution in [0, 0.1) is 25.2 Å². The number of amides is 2. The number of nitrogens with zero attached hydrogens (tertiary/aromatic N) is 2. The minimum Gasteiger partial charge on any atom is -0.268 e. The molecule has 0 N–H and O–H groups in total. The summed E-state index contributed by atoms with van der Waals surface area (Å²) in [5, 5.41) is 9.66. The summed E-state index contributed by atoms with van der Waals surface area (Å²) in [5.41, 5.74) is 5.44. The van der Waals surface area contributed by atoms with Gasteiger partial charge in [-0.25, -0.2) is 4.90 Å². The Morgan fingerprint density at radius 3 is 1.58 bits per heavy atom. The minimum atomic E-state index is -0.406. The number of anilines is 1. The number of benzene rings is 4. The van der Waals surface area contributed by atoms with E-state index in [2.05, 4.69) is 22.0 Å². The van der Waals surface area contributed by atoms with E-state index in [4.69, 9.17) is 0 Å². The van der Waals surface area contributed by atoms with Gasteiger partial charge in [0.25, 0.3) is 11.8 Å². The molecule has 2 amide bonds. The SMILES string of the molecule is Cc1ccc(C(=O)N(C(=O)c2ccc(C)cc2)c2ccc(/C=C(\C#N)c3ccc(Br)cc3)cc2)cc1. The zero-order valence-corrected chi connectivity index (χ0v) is 21.5. The summed E-state index contributed by atoms with van der Waals surface area (Å²) in [6.45, 7) is 3.89. The van der Waals surface area contributed by atoms with Crippen LogP contribution in [0.25, 0.3) is 11.6 Å². The lowest BCUT2D eigenvalue weighted by Crippen LogP contribution is -2.37. The Balaban J connectivity index is 1.71. The lowest BCUT2D eigenvalue weighted by molar-refractivity contribution is 0.0897. The summed E-state index contributed by atoms with van der Waals surface area (Å²) in [4.78, 5) is 28.2. The molecule has 0 radical (unpaired) electrons. The predicted molar refractivity (Wildman–Crippen MR) is 148 cm³/mol. The number of carbonyl (C=O) groups excluding carboxylic acids is 2. The molecule has 0 saturated heterocycles. The first-order valence-corrected chi connectivity index (χ1v) is 12.1. The van der Waals surface area contributed by atoms with Gasteiger partial charge in [0.2, 0.25) is 0 Å². The van der Waals surface area contributed by atoms with E-state index in [0.29, 0.717) is 22.4 Å². The highest BCUT2D eigenvalue weighted by atomic mass is 79.9. The van der Waals surface area contributed by atoms with Gasteiger partial charge in [-0.2, -0.15) is 5.26 Å². The van der Waals surface area contributed by atoms with Gasteiger partial charge in [0, 0.05) is 15.6 Å². The third-order valence-corrected chi connectivity index (χ3v) is 6.27. The van der Waals surface area contributed by atoms with E-state index >= 15 is 0 Å². The van der Waals surface area contributed by atoms with Crippen molar-refractivity contribution in [1.29, 1.82) is 5.26 Å². The van der Waals surface area contributed by atoms with Gasteiger partial charge in [-0.1, -0.05) is 75.6 Å². The number of hydrogen-bond donors (Lipinski definition) is 0. The van der Waals surface area contributed by atoms with Crippen LogP contribution in [-0.4, -0.2) is 11.8 Å². The Labute approximate surface area is 219 Å².